The number of hydrogen-bond acceptors (Lipinski definition) is 4. The Hall–Kier alpha value is -1.68. The van der Waals surface area contributed by atoms with E-state index in [1.165, 1.54) is 6.20 Å². The molecule has 0 aliphatic carbocycles. The lowest BCUT2D eigenvalue weighted by atomic mass is 10.1. The number of aldehydes is 1. The Balaban J connectivity index is 2.62. The van der Waals surface area contributed by atoms with Gasteiger partial charge in [-0.15, -0.1) is 0 Å². The molecule has 2 unspecified atom stereocenters. The molecule has 0 N–H and O–H groups in total. The van der Waals surface area contributed by atoms with Gasteiger partial charge in [-0.1, -0.05) is 29.5 Å². The molecule has 0 radical (unpaired) electrons. The molecule has 0 saturated heterocycles. The average Bonchev–Trinajstić information content (AvgIpc) is 2.51. The fourth-order valence-electron chi connectivity index (χ4n) is 2.12. The van der Waals surface area contributed by atoms with E-state index in [1.807, 2.05) is 6.92 Å². The lowest BCUT2D eigenvalue weighted by Gasteiger charge is -2.21. The first-order chi connectivity index (χ1) is 10.1. The van der Waals surface area contributed by atoms with Gasteiger partial charge in [0, 0.05) is 21.1 Å². The third-order valence-electron chi connectivity index (χ3n) is 3.28. The summed E-state index contributed by atoms with van der Waals surface area (Å²) in [6.45, 7) is 4.12. The zero-order chi connectivity index (χ0) is 15.4. The Kier molecular flexibility index (Phi) is 5.12. The number of aromatic nitrogens is 1. The first kappa shape index (κ1) is 15.7. The number of nitrogens with zero attached hydrogens (tertiary/aromatic N) is 2. The van der Waals surface area contributed by atoms with Crippen molar-refractivity contribution in [3.8, 4) is 11.8 Å². The van der Waals surface area contributed by atoms with Crippen LogP contribution in [0.2, 0.25) is 0 Å². The van der Waals surface area contributed by atoms with E-state index in [0.29, 0.717) is 31.7 Å². The number of carbonyl (C=O) groups excluding carboxylic acids is 1. The average molecular weight is 394 g/mol. The van der Waals surface area contributed by atoms with Crippen LogP contribution in [0.1, 0.15) is 36.2 Å². The minimum atomic E-state index is 0.00295. The standard InChI is InChI=1S/C16H15IN2O2/c1-3-15(10(2)17)21-16-12(7-18)8-19-14-5-4-11(9-20)6-13(14)16/h4-6,8-10,15H,3H2,1-2H3. The summed E-state index contributed by atoms with van der Waals surface area (Å²) < 4.78 is 6.38. The van der Waals surface area contributed by atoms with E-state index in [1.54, 1.807) is 18.2 Å². The summed E-state index contributed by atoms with van der Waals surface area (Å²) in [6, 6.07) is 7.30. The number of carbonyl (C=O) groups is 1. The van der Waals surface area contributed by atoms with Gasteiger partial charge in [-0.2, -0.15) is 5.26 Å². The van der Waals surface area contributed by atoms with Crippen molar-refractivity contribution in [2.75, 3.05) is 0 Å². The van der Waals surface area contributed by atoms with Crippen LogP contribution in [0.15, 0.2) is 24.4 Å². The van der Waals surface area contributed by atoms with Crippen molar-refractivity contribution in [1.82, 2.24) is 4.98 Å². The Labute approximate surface area is 137 Å². The Morgan fingerprint density at radius 1 is 1.52 bits per heavy atom. The van der Waals surface area contributed by atoms with Crippen molar-refractivity contribution >= 4 is 39.8 Å². The van der Waals surface area contributed by atoms with Crippen molar-refractivity contribution in [2.45, 2.75) is 30.3 Å². The minimum Gasteiger partial charge on any atom is -0.487 e. The van der Waals surface area contributed by atoms with Crippen LogP contribution in [0.25, 0.3) is 10.9 Å². The molecule has 0 fully saturated rings. The molecule has 0 amide bonds. The number of alkyl halides is 1. The Bertz CT molecular complexity index is 707. The molecule has 1 heterocycles. The maximum atomic E-state index is 11.0. The summed E-state index contributed by atoms with van der Waals surface area (Å²) in [7, 11) is 0. The van der Waals surface area contributed by atoms with Gasteiger partial charge in [-0.05, 0) is 31.5 Å². The highest BCUT2D eigenvalue weighted by molar-refractivity contribution is 14.1. The molecular formula is C16H15IN2O2. The van der Waals surface area contributed by atoms with Crippen LogP contribution in [0.4, 0.5) is 0 Å². The lowest BCUT2D eigenvalue weighted by molar-refractivity contribution is 0.112. The minimum absolute atomic E-state index is 0.00295. The van der Waals surface area contributed by atoms with Gasteiger partial charge in [-0.25, -0.2) is 0 Å². The van der Waals surface area contributed by atoms with Crippen molar-refractivity contribution in [2.24, 2.45) is 0 Å². The van der Waals surface area contributed by atoms with E-state index < -0.39 is 0 Å². The molecule has 2 rings (SSSR count). The highest BCUT2D eigenvalue weighted by atomic mass is 127. The quantitative estimate of drug-likeness (QED) is 0.439. The number of ether oxygens (including phenoxy) is 1. The highest BCUT2D eigenvalue weighted by Crippen LogP contribution is 2.31. The summed E-state index contributed by atoms with van der Waals surface area (Å²) in [5.74, 6) is 0.515. The van der Waals surface area contributed by atoms with Crippen LogP contribution in [0.3, 0.4) is 0 Å². The second-order valence-electron chi connectivity index (χ2n) is 4.75. The third-order valence-corrected chi connectivity index (χ3v) is 4.09. The van der Waals surface area contributed by atoms with Gasteiger partial charge in [0.2, 0.25) is 0 Å². The van der Waals surface area contributed by atoms with Crippen molar-refractivity contribution in [3.63, 3.8) is 0 Å². The molecular weight excluding hydrogens is 379 g/mol. The number of benzene rings is 1. The van der Waals surface area contributed by atoms with Crippen LogP contribution in [0.5, 0.6) is 5.75 Å². The summed E-state index contributed by atoms with van der Waals surface area (Å²) in [4.78, 5) is 15.2. The van der Waals surface area contributed by atoms with E-state index >= 15 is 0 Å². The molecule has 2 atom stereocenters. The smallest absolute Gasteiger partial charge is 0.150 e. The Morgan fingerprint density at radius 3 is 2.86 bits per heavy atom. The second-order valence-corrected chi connectivity index (χ2v) is 6.71. The number of halogens is 1. The number of fused-ring (bicyclic) bond motifs is 1. The second kappa shape index (κ2) is 6.85. The monoisotopic (exact) mass is 394 g/mol. The molecule has 0 bridgehead atoms. The van der Waals surface area contributed by atoms with E-state index in [4.69, 9.17) is 4.74 Å². The molecule has 2 aromatic rings. The lowest BCUT2D eigenvalue weighted by Crippen LogP contribution is -2.24. The van der Waals surface area contributed by atoms with Crippen LogP contribution < -0.4 is 4.74 Å². The van der Waals surface area contributed by atoms with Gasteiger partial charge >= 0.3 is 0 Å². The SMILES string of the molecule is CCC(Oc1c(C#N)cnc2ccc(C=O)cc12)C(C)I. The van der Waals surface area contributed by atoms with E-state index in [-0.39, 0.29) is 6.10 Å². The Morgan fingerprint density at radius 2 is 2.29 bits per heavy atom. The van der Waals surface area contributed by atoms with E-state index in [0.717, 1.165) is 12.7 Å². The molecule has 108 valence electrons. The zero-order valence-electron chi connectivity index (χ0n) is 11.8. The number of rotatable bonds is 5. The highest BCUT2D eigenvalue weighted by Gasteiger charge is 2.19. The van der Waals surface area contributed by atoms with Crippen molar-refractivity contribution in [3.05, 3.63) is 35.5 Å². The van der Waals surface area contributed by atoms with Gasteiger partial charge in [0.15, 0.2) is 0 Å². The van der Waals surface area contributed by atoms with E-state index in [9.17, 15) is 10.1 Å². The summed E-state index contributed by atoms with van der Waals surface area (Å²) in [6.07, 6.45) is 3.14. The van der Waals surface area contributed by atoms with Gasteiger partial charge in [0.1, 0.15) is 29.8 Å². The first-order valence-electron chi connectivity index (χ1n) is 6.69. The normalized spacial score (nSPS) is 13.4. The van der Waals surface area contributed by atoms with Crippen LogP contribution in [-0.2, 0) is 0 Å². The third kappa shape index (κ3) is 3.32. The molecule has 0 aliphatic heterocycles. The maximum absolute atomic E-state index is 11.0. The van der Waals surface area contributed by atoms with Crippen LogP contribution in [-0.4, -0.2) is 21.3 Å². The summed E-state index contributed by atoms with van der Waals surface area (Å²) >= 11 is 2.31. The number of pyridine rings is 1. The fourth-order valence-corrected chi connectivity index (χ4v) is 2.77. The molecule has 4 nitrogen and oxygen atoms in total. The van der Waals surface area contributed by atoms with Gasteiger partial charge in [0.25, 0.3) is 0 Å². The fraction of sp³-hybridized carbons (Fsp3) is 0.312. The largest absolute Gasteiger partial charge is 0.487 e. The van der Waals surface area contributed by atoms with Gasteiger partial charge in [0.05, 0.1) is 5.52 Å². The molecule has 21 heavy (non-hydrogen) atoms. The zero-order valence-corrected chi connectivity index (χ0v) is 14.0. The number of hydrogen-bond donors (Lipinski definition) is 0. The first-order valence-corrected chi connectivity index (χ1v) is 7.94. The predicted octanol–water partition coefficient (Wildman–Crippen LogP) is 3.90. The molecule has 0 saturated carbocycles. The number of nitriles is 1. The van der Waals surface area contributed by atoms with Crippen LogP contribution >= 0.6 is 22.6 Å². The van der Waals surface area contributed by atoms with Crippen LogP contribution in [0, 0.1) is 11.3 Å². The van der Waals surface area contributed by atoms with Gasteiger partial charge < -0.3 is 4.74 Å². The molecule has 0 aliphatic rings. The van der Waals surface area contributed by atoms with E-state index in [2.05, 4.69) is 40.6 Å². The summed E-state index contributed by atoms with van der Waals surface area (Å²) in [5.41, 5.74) is 1.64. The summed E-state index contributed by atoms with van der Waals surface area (Å²) in [5, 5.41) is 9.99. The maximum Gasteiger partial charge on any atom is 0.150 e. The topological polar surface area (TPSA) is 63.0 Å². The molecule has 1 aromatic carbocycles. The predicted molar refractivity (Wildman–Crippen MR) is 90.0 cm³/mol. The molecule has 1 aromatic heterocycles. The van der Waals surface area contributed by atoms with Crippen molar-refractivity contribution < 1.29 is 9.53 Å². The molecule has 0 spiro atoms. The van der Waals surface area contributed by atoms with Crippen molar-refractivity contribution in [1.29, 1.82) is 5.26 Å². The van der Waals surface area contributed by atoms with Gasteiger partial charge in [-0.3, -0.25) is 9.78 Å². The molecule has 5 heteroatoms.